The number of amides is 2. The van der Waals surface area contributed by atoms with Crippen molar-refractivity contribution in [2.45, 2.75) is 25.8 Å². The summed E-state index contributed by atoms with van der Waals surface area (Å²) in [5.74, 6) is 0.434. The lowest BCUT2D eigenvalue weighted by Gasteiger charge is -2.33. The number of halogens is 1. The molecule has 0 aliphatic carbocycles. The predicted molar refractivity (Wildman–Crippen MR) is 103 cm³/mol. The van der Waals surface area contributed by atoms with Crippen LogP contribution in [0.5, 0.6) is 0 Å². The highest BCUT2D eigenvalue weighted by Crippen LogP contribution is 2.29. The van der Waals surface area contributed by atoms with Gasteiger partial charge in [-0.05, 0) is 43.0 Å². The van der Waals surface area contributed by atoms with Crippen molar-refractivity contribution < 1.29 is 9.59 Å². The molecule has 2 aromatic rings. The van der Waals surface area contributed by atoms with Gasteiger partial charge in [-0.25, -0.2) is 4.98 Å². The summed E-state index contributed by atoms with van der Waals surface area (Å²) in [6, 6.07) is 7.19. The number of hydrogen-bond donors (Lipinski definition) is 0. The van der Waals surface area contributed by atoms with Gasteiger partial charge >= 0.3 is 0 Å². The molecule has 1 atom stereocenters. The van der Waals surface area contributed by atoms with Gasteiger partial charge < -0.3 is 14.4 Å². The fourth-order valence-corrected chi connectivity index (χ4v) is 4.16. The van der Waals surface area contributed by atoms with Gasteiger partial charge in [-0.15, -0.1) is 0 Å². The topological polar surface area (TPSA) is 58.4 Å². The molecule has 2 aliphatic heterocycles. The maximum Gasteiger partial charge on any atom is 0.228 e. The molecule has 1 aromatic heterocycles. The molecule has 2 saturated heterocycles. The number of imidazole rings is 1. The van der Waals surface area contributed by atoms with Crippen LogP contribution < -0.4 is 4.90 Å². The molecular formula is C20H23ClN4O2. The third kappa shape index (κ3) is 4.00. The molecule has 0 spiro atoms. The minimum absolute atomic E-state index is 0.00525. The van der Waals surface area contributed by atoms with Gasteiger partial charge in [-0.1, -0.05) is 11.6 Å². The first kappa shape index (κ1) is 18.0. The minimum atomic E-state index is -0.252. The second kappa shape index (κ2) is 7.72. The largest absolute Gasteiger partial charge is 0.342 e. The molecule has 0 radical (unpaired) electrons. The molecule has 2 amide bonds. The van der Waals surface area contributed by atoms with Crippen LogP contribution in [0.25, 0.3) is 0 Å². The summed E-state index contributed by atoms with van der Waals surface area (Å²) in [7, 11) is 0. The van der Waals surface area contributed by atoms with Gasteiger partial charge in [0.15, 0.2) is 0 Å². The van der Waals surface area contributed by atoms with E-state index in [4.69, 9.17) is 11.6 Å². The molecule has 142 valence electrons. The lowest BCUT2D eigenvalue weighted by Crippen LogP contribution is -2.43. The summed E-state index contributed by atoms with van der Waals surface area (Å²) in [6.07, 6.45) is 7.88. The SMILES string of the molecule is O=C(C1CC(=O)N(c2ccc(Cl)cc2)C1)N1CCC(Cn2ccnc2)CC1. The molecule has 0 saturated carbocycles. The van der Waals surface area contributed by atoms with E-state index in [0.29, 0.717) is 17.5 Å². The second-order valence-electron chi connectivity index (χ2n) is 7.41. The number of piperidine rings is 1. The highest BCUT2D eigenvalue weighted by molar-refractivity contribution is 6.30. The Bertz CT molecular complexity index is 798. The van der Waals surface area contributed by atoms with Crippen molar-refractivity contribution in [3.05, 3.63) is 48.0 Å². The molecule has 6 nitrogen and oxygen atoms in total. The van der Waals surface area contributed by atoms with E-state index in [1.807, 2.05) is 29.6 Å². The van der Waals surface area contributed by atoms with Crippen molar-refractivity contribution in [1.29, 1.82) is 0 Å². The summed E-state index contributed by atoms with van der Waals surface area (Å²) in [5, 5.41) is 0.636. The van der Waals surface area contributed by atoms with Gasteiger partial charge in [0.1, 0.15) is 0 Å². The van der Waals surface area contributed by atoms with Gasteiger partial charge in [-0.3, -0.25) is 9.59 Å². The lowest BCUT2D eigenvalue weighted by molar-refractivity contribution is -0.137. The summed E-state index contributed by atoms with van der Waals surface area (Å²) < 4.78 is 2.10. The quantitative estimate of drug-likeness (QED) is 0.811. The number of aromatic nitrogens is 2. The minimum Gasteiger partial charge on any atom is -0.342 e. The molecule has 27 heavy (non-hydrogen) atoms. The summed E-state index contributed by atoms with van der Waals surface area (Å²) in [5.41, 5.74) is 0.804. The highest BCUT2D eigenvalue weighted by atomic mass is 35.5. The van der Waals surface area contributed by atoms with Crippen LogP contribution in [0.15, 0.2) is 43.0 Å². The normalized spacial score (nSPS) is 21.1. The molecular weight excluding hydrogens is 364 g/mol. The smallest absolute Gasteiger partial charge is 0.228 e. The van der Waals surface area contributed by atoms with Crippen LogP contribution in [-0.4, -0.2) is 45.9 Å². The summed E-state index contributed by atoms with van der Waals surface area (Å²) in [4.78, 5) is 33.0. The third-order valence-electron chi connectivity index (χ3n) is 5.57. The molecule has 1 unspecified atom stereocenters. The number of benzene rings is 1. The molecule has 0 bridgehead atoms. The van der Waals surface area contributed by atoms with E-state index in [-0.39, 0.29) is 24.2 Å². The zero-order chi connectivity index (χ0) is 18.8. The van der Waals surface area contributed by atoms with Gasteiger partial charge in [0, 0.05) is 55.7 Å². The number of hydrogen-bond acceptors (Lipinski definition) is 3. The van der Waals surface area contributed by atoms with E-state index in [2.05, 4.69) is 9.55 Å². The van der Waals surface area contributed by atoms with Crippen LogP contribution in [0, 0.1) is 11.8 Å². The number of nitrogens with zero attached hydrogens (tertiary/aromatic N) is 4. The van der Waals surface area contributed by atoms with Gasteiger partial charge in [0.2, 0.25) is 11.8 Å². The standard InChI is InChI=1S/C20H23ClN4O2/c21-17-1-3-18(4-2-17)25-13-16(11-19(25)26)20(27)24-8-5-15(6-9-24)12-23-10-7-22-14-23/h1-4,7,10,14-16H,5-6,8-9,11-13H2. The fraction of sp³-hybridized carbons (Fsp3) is 0.450. The van der Waals surface area contributed by atoms with Crippen LogP contribution in [0.4, 0.5) is 5.69 Å². The van der Waals surface area contributed by atoms with Gasteiger partial charge in [0.05, 0.1) is 12.2 Å². The monoisotopic (exact) mass is 386 g/mol. The van der Waals surface area contributed by atoms with Gasteiger partial charge in [0.25, 0.3) is 0 Å². The van der Waals surface area contributed by atoms with Crippen LogP contribution >= 0.6 is 11.6 Å². The second-order valence-corrected chi connectivity index (χ2v) is 7.85. The first-order chi connectivity index (χ1) is 13.1. The van der Waals surface area contributed by atoms with Crippen molar-refractivity contribution in [1.82, 2.24) is 14.5 Å². The summed E-state index contributed by atoms with van der Waals surface area (Å²) >= 11 is 5.92. The number of carbonyl (C=O) groups excluding carboxylic acids is 2. The van der Waals surface area contributed by atoms with E-state index in [0.717, 1.165) is 38.2 Å². The Morgan fingerprint density at radius 3 is 2.59 bits per heavy atom. The van der Waals surface area contributed by atoms with E-state index >= 15 is 0 Å². The van der Waals surface area contributed by atoms with Crippen LogP contribution in [0.2, 0.25) is 5.02 Å². The van der Waals surface area contributed by atoms with E-state index in [1.54, 1.807) is 23.2 Å². The van der Waals surface area contributed by atoms with Crippen LogP contribution in [0.3, 0.4) is 0 Å². The maximum absolute atomic E-state index is 12.9. The third-order valence-corrected chi connectivity index (χ3v) is 5.82. The number of likely N-dealkylation sites (tertiary alicyclic amines) is 1. The number of carbonyl (C=O) groups is 2. The zero-order valence-corrected chi connectivity index (χ0v) is 15.9. The van der Waals surface area contributed by atoms with Crippen molar-refractivity contribution in [2.24, 2.45) is 11.8 Å². The fourth-order valence-electron chi connectivity index (χ4n) is 4.03. The number of anilines is 1. The average molecular weight is 387 g/mol. The maximum atomic E-state index is 12.9. The molecule has 2 fully saturated rings. The van der Waals surface area contributed by atoms with Gasteiger partial charge in [-0.2, -0.15) is 0 Å². The molecule has 4 rings (SSSR count). The van der Waals surface area contributed by atoms with Crippen LogP contribution in [-0.2, 0) is 16.1 Å². The van der Waals surface area contributed by atoms with Crippen molar-refractivity contribution in [3.8, 4) is 0 Å². The van der Waals surface area contributed by atoms with Crippen molar-refractivity contribution in [2.75, 3.05) is 24.5 Å². The first-order valence-electron chi connectivity index (χ1n) is 9.40. The van der Waals surface area contributed by atoms with E-state index in [1.165, 1.54) is 0 Å². The van der Waals surface area contributed by atoms with Crippen LogP contribution in [0.1, 0.15) is 19.3 Å². The molecule has 7 heteroatoms. The Labute approximate surface area is 163 Å². The van der Waals surface area contributed by atoms with Crippen molar-refractivity contribution >= 4 is 29.1 Å². The Morgan fingerprint density at radius 2 is 1.93 bits per heavy atom. The lowest BCUT2D eigenvalue weighted by atomic mass is 9.95. The first-order valence-corrected chi connectivity index (χ1v) is 9.78. The average Bonchev–Trinajstić information content (AvgIpc) is 3.32. The molecule has 0 N–H and O–H groups in total. The van der Waals surface area contributed by atoms with E-state index < -0.39 is 0 Å². The number of rotatable bonds is 4. The zero-order valence-electron chi connectivity index (χ0n) is 15.1. The predicted octanol–water partition coefficient (Wildman–Crippen LogP) is 2.83. The van der Waals surface area contributed by atoms with E-state index in [9.17, 15) is 9.59 Å². The Balaban J connectivity index is 1.32. The molecule has 3 heterocycles. The van der Waals surface area contributed by atoms with Crippen molar-refractivity contribution in [3.63, 3.8) is 0 Å². The molecule has 2 aliphatic rings. The Kier molecular flexibility index (Phi) is 5.16. The Morgan fingerprint density at radius 1 is 1.19 bits per heavy atom. The Hall–Kier alpha value is -2.34. The highest BCUT2D eigenvalue weighted by Gasteiger charge is 2.38. The molecule has 1 aromatic carbocycles. The summed E-state index contributed by atoms with van der Waals surface area (Å²) in [6.45, 7) is 2.94.